The third kappa shape index (κ3) is 3.48. The summed E-state index contributed by atoms with van der Waals surface area (Å²) in [7, 11) is 0. The van der Waals surface area contributed by atoms with Crippen LogP contribution in [0.4, 0.5) is 13.2 Å². The summed E-state index contributed by atoms with van der Waals surface area (Å²) < 4.78 is 38.0. The molecule has 1 aromatic carbocycles. The van der Waals surface area contributed by atoms with E-state index in [0.29, 0.717) is 0 Å². The largest absolute Gasteiger partial charge is 0.481 e. The lowest BCUT2D eigenvalue weighted by Crippen LogP contribution is -2.23. The number of hydrogen-bond donors (Lipinski definition) is 1. The molecule has 1 unspecified atom stereocenters. The van der Waals surface area contributed by atoms with Gasteiger partial charge in [0.05, 0.1) is 24.0 Å². The lowest BCUT2D eigenvalue weighted by Gasteiger charge is -2.18. The maximum Gasteiger partial charge on any atom is 0.396 e. The van der Waals surface area contributed by atoms with Gasteiger partial charge in [-0.25, -0.2) is 0 Å². The van der Waals surface area contributed by atoms with Gasteiger partial charge in [0.1, 0.15) is 0 Å². The van der Waals surface area contributed by atoms with Crippen LogP contribution in [0, 0.1) is 11.3 Å². The number of halogens is 3. The first-order valence-corrected chi connectivity index (χ1v) is 4.63. The minimum Gasteiger partial charge on any atom is -0.481 e. The molecule has 1 N–H and O–H groups in total. The van der Waals surface area contributed by atoms with Crippen molar-refractivity contribution < 1.29 is 23.1 Å². The van der Waals surface area contributed by atoms with Gasteiger partial charge in [0.25, 0.3) is 0 Å². The van der Waals surface area contributed by atoms with Crippen molar-refractivity contribution in [3.8, 4) is 6.07 Å². The fourth-order valence-corrected chi connectivity index (χ4v) is 1.42. The number of aliphatic carboxylic acids is 1. The van der Waals surface area contributed by atoms with Crippen molar-refractivity contribution >= 4 is 5.97 Å². The number of benzene rings is 1. The zero-order chi connectivity index (χ0) is 13.1. The van der Waals surface area contributed by atoms with E-state index >= 15 is 0 Å². The molecule has 6 heteroatoms. The Labute approximate surface area is 95.1 Å². The fourth-order valence-electron chi connectivity index (χ4n) is 1.42. The molecular weight excluding hydrogens is 235 g/mol. The van der Waals surface area contributed by atoms with Crippen LogP contribution in [-0.2, 0) is 4.79 Å². The minimum atomic E-state index is -4.65. The molecule has 0 fully saturated rings. The molecule has 0 aliphatic rings. The summed E-state index contributed by atoms with van der Waals surface area (Å²) in [4.78, 5) is 10.4. The Morgan fingerprint density at radius 2 is 2.12 bits per heavy atom. The van der Waals surface area contributed by atoms with Gasteiger partial charge in [0.2, 0.25) is 0 Å². The van der Waals surface area contributed by atoms with E-state index in [4.69, 9.17) is 10.4 Å². The van der Waals surface area contributed by atoms with Crippen LogP contribution < -0.4 is 0 Å². The second kappa shape index (κ2) is 4.87. The number of nitrogens with zero attached hydrogens (tertiary/aromatic N) is 1. The van der Waals surface area contributed by atoms with E-state index in [0.717, 1.165) is 6.07 Å². The highest BCUT2D eigenvalue weighted by Crippen LogP contribution is 2.37. The zero-order valence-corrected chi connectivity index (χ0v) is 8.53. The minimum absolute atomic E-state index is 0.0714. The molecule has 0 aliphatic carbocycles. The second-order valence-corrected chi connectivity index (χ2v) is 3.43. The molecule has 0 bridgehead atoms. The van der Waals surface area contributed by atoms with Crippen molar-refractivity contribution in [3.05, 3.63) is 35.4 Å². The van der Waals surface area contributed by atoms with Gasteiger partial charge in [-0.15, -0.1) is 0 Å². The lowest BCUT2D eigenvalue weighted by atomic mass is 9.94. The molecule has 0 saturated carbocycles. The van der Waals surface area contributed by atoms with E-state index in [9.17, 15) is 18.0 Å². The topological polar surface area (TPSA) is 61.1 Å². The molecular formula is C11H8F3NO2. The first kappa shape index (κ1) is 13.0. The standard InChI is InChI=1S/C11H8F3NO2/c12-11(13,14)9(5-10(16)17)8-3-1-2-7(4-8)6-15/h1-4,9H,5H2,(H,16,17). The second-order valence-electron chi connectivity index (χ2n) is 3.43. The van der Waals surface area contributed by atoms with Crippen molar-refractivity contribution in [2.75, 3.05) is 0 Å². The Balaban J connectivity index is 3.13. The van der Waals surface area contributed by atoms with Gasteiger partial charge in [-0.1, -0.05) is 12.1 Å². The molecule has 0 aliphatic heterocycles. The molecule has 0 heterocycles. The van der Waals surface area contributed by atoms with Crippen molar-refractivity contribution in [1.82, 2.24) is 0 Å². The summed E-state index contributed by atoms with van der Waals surface area (Å²) in [6.45, 7) is 0. The Hall–Kier alpha value is -2.03. The summed E-state index contributed by atoms with van der Waals surface area (Å²) in [6, 6.07) is 6.60. The van der Waals surface area contributed by atoms with Gasteiger partial charge >= 0.3 is 12.1 Å². The molecule has 0 aromatic heterocycles. The van der Waals surface area contributed by atoms with Crippen LogP contribution in [0.3, 0.4) is 0 Å². The molecule has 0 spiro atoms. The summed E-state index contributed by atoms with van der Waals surface area (Å²) >= 11 is 0. The van der Waals surface area contributed by atoms with Gasteiger partial charge in [-0.2, -0.15) is 18.4 Å². The SMILES string of the molecule is N#Cc1cccc(C(CC(=O)O)C(F)(F)F)c1. The maximum atomic E-state index is 12.7. The Morgan fingerprint density at radius 3 is 2.59 bits per heavy atom. The van der Waals surface area contributed by atoms with E-state index in [1.807, 2.05) is 0 Å². The highest BCUT2D eigenvalue weighted by atomic mass is 19.4. The van der Waals surface area contributed by atoms with Crippen LogP contribution in [0.15, 0.2) is 24.3 Å². The van der Waals surface area contributed by atoms with Gasteiger partial charge in [-0.3, -0.25) is 4.79 Å². The Bertz CT molecular complexity index is 463. The zero-order valence-electron chi connectivity index (χ0n) is 8.53. The van der Waals surface area contributed by atoms with E-state index in [2.05, 4.69) is 0 Å². The highest BCUT2D eigenvalue weighted by Gasteiger charge is 2.42. The van der Waals surface area contributed by atoms with Crippen LogP contribution in [0.5, 0.6) is 0 Å². The normalized spacial score (nSPS) is 12.8. The van der Waals surface area contributed by atoms with E-state index in [1.165, 1.54) is 18.2 Å². The van der Waals surface area contributed by atoms with Gasteiger partial charge in [0, 0.05) is 0 Å². The summed E-state index contributed by atoms with van der Waals surface area (Å²) in [6.07, 6.45) is -5.69. The number of nitriles is 1. The lowest BCUT2D eigenvalue weighted by molar-refractivity contribution is -0.163. The molecule has 0 amide bonds. The molecule has 1 atom stereocenters. The third-order valence-electron chi connectivity index (χ3n) is 2.19. The highest BCUT2D eigenvalue weighted by molar-refractivity contribution is 5.68. The molecule has 0 saturated heterocycles. The molecule has 1 aromatic rings. The van der Waals surface area contributed by atoms with E-state index < -0.39 is 24.5 Å². The smallest absolute Gasteiger partial charge is 0.396 e. The first-order chi connectivity index (χ1) is 7.84. The van der Waals surface area contributed by atoms with Crippen molar-refractivity contribution in [3.63, 3.8) is 0 Å². The summed E-state index contributed by atoms with van der Waals surface area (Å²) in [5.74, 6) is -3.62. The fraction of sp³-hybridized carbons (Fsp3) is 0.273. The maximum absolute atomic E-state index is 12.7. The van der Waals surface area contributed by atoms with Crippen LogP contribution in [0.1, 0.15) is 23.5 Å². The number of hydrogen-bond acceptors (Lipinski definition) is 2. The monoisotopic (exact) mass is 243 g/mol. The molecule has 1 rings (SSSR count). The Morgan fingerprint density at radius 1 is 1.47 bits per heavy atom. The molecule has 0 radical (unpaired) electrons. The number of rotatable bonds is 3. The first-order valence-electron chi connectivity index (χ1n) is 4.63. The molecule has 17 heavy (non-hydrogen) atoms. The third-order valence-corrected chi connectivity index (χ3v) is 2.19. The summed E-state index contributed by atoms with van der Waals surface area (Å²) in [5.41, 5.74) is -0.138. The molecule has 3 nitrogen and oxygen atoms in total. The quantitative estimate of drug-likeness (QED) is 0.887. The average Bonchev–Trinajstić information content (AvgIpc) is 2.24. The van der Waals surface area contributed by atoms with Crippen LogP contribution >= 0.6 is 0 Å². The van der Waals surface area contributed by atoms with Gasteiger partial charge in [-0.05, 0) is 17.7 Å². The van der Waals surface area contributed by atoms with Crippen molar-refractivity contribution in [2.45, 2.75) is 18.5 Å². The van der Waals surface area contributed by atoms with Crippen molar-refractivity contribution in [1.29, 1.82) is 5.26 Å². The van der Waals surface area contributed by atoms with Gasteiger partial charge < -0.3 is 5.11 Å². The summed E-state index contributed by atoms with van der Waals surface area (Å²) in [5, 5.41) is 17.1. The number of carboxylic acids is 1. The number of carboxylic acid groups (broad SMARTS) is 1. The predicted octanol–water partition coefficient (Wildman–Crippen LogP) is 2.68. The van der Waals surface area contributed by atoms with E-state index in [-0.39, 0.29) is 11.1 Å². The van der Waals surface area contributed by atoms with Crippen molar-refractivity contribution in [2.24, 2.45) is 0 Å². The molecule has 90 valence electrons. The van der Waals surface area contributed by atoms with Crippen LogP contribution in [0.25, 0.3) is 0 Å². The van der Waals surface area contributed by atoms with Crippen LogP contribution in [-0.4, -0.2) is 17.3 Å². The number of carbonyl (C=O) groups is 1. The number of alkyl halides is 3. The van der Waals surface area contributed by atoms with Gasteiger partial charge in [0.15, 0.2) is 0 Å². The average molecular weight is 243 g/mol. The Kier molecular flexibility index (Phi) is 3.73. The predicted molar refractivity (Wildman–Crippen MR) is 52.2 cm³/mol. The van der Waals surface area contributed by atoms with E-state index in [1.54, 1.807) is 6.07 Å². The van der Waals surface area contributed by atoms with Crippen LogP contribution in [0.2, 0.25) is 0 Å².